The zero-order chi connectivity index (χ0) is 20.6. The average molecular weight is 372 g/mol. The summed E-state index contributed by atoms with van der Waals surface area (Å²) in [7, 11) is 0. The number of hydrogen-bond donors (Lipinski definition) is 2. The Bertz CT molecular complexity index is 492. The van der Waals surface area contributed by atoms with Gasteiger partial charge in [0.25, 0.3) is 5.97 Å². The molecule has 0 spiro atoms. The second kappa shape index (κ2) is 14.4. The van der Waals surface area contributed by atoms with Crippen molar-refractivity contribution in [1.82, 2.24) is 0 Å². The van der Waals surface area contributed by atoms with E-state index in [0.717, 1.165) is 6.92 Å². The molecule has 0 heterocycles. The van der Waals surface area contributed by atoms with Gasteiger partial charge in [-0.2, -0.15) is 0 Å². The van der Waals surface area contributed by atoms with Crippen molar-refractivity contribution in [3.05, 3.63) is 38.0 Å². The molecule has 0 aliphatic carbocycles. The van der Waals surface area contributed by atoms with Gasteiger partial charge in [0, 0.05) is 6.92 Å². The van der Waals surface area contributed by atoms with E-state index < -0.39 is 42.3 Å². The highest BCUT2D eigenvalue weighted by molar-refractivity contribution is 5.90. The maximum absolute atomic E-state index is 11.9. The van der Waals surface area contributed by atoms with Gasteiger partial charge in [-0.25, -0.2) is 4.79 Å². The summed E-state index contributed by atoms with van der Waals surface area (Å²) < 4.78 is 14.1. The maximum atomic E-state index is 11.9. The van der Waals surface area contributed by atoms with Crippen LogP contribution in [-0.4, -0.2) is 59.5 Å². The highest BCUT2D eigenvalue weighted by atomic mass is 16.6. The van der Waals surface area contributed by atoms with E-state index in [9.17, 15) is 19.5 Å². The number of esters is 3. The Balaban J connectivity index is 0. The molecule has 0 atom stereocenters. The van der Waals surface area contributed by atoms with E-state index in [4.69, 9.17) is 24.1 Å². The summed E-state index contributed by atoms with van der Waals surface area (Å²) in [4.78, 5) is 44.0. The molecule has 0 bridgehead atoms. The number of carboxylic acid groups (broad SMARTS) is 1. The van der Waals surface area contributed by atoms with Gasteiger partial charge in [0.05, 0.1) is 12.8 Å². The molecule has 2 N–H and O–H groups in total. The van der Waals surface area contributed by atoms with Crippen molar-refractivity contribution in [3.8, 4) is 0 Å². The van der Waals surface area contributed by atoms with Crippen molar-refractivity contribution in [1.29, 1.82) is 0 Å². The number of aliphatic hydroxyl groups is 1. The molecule has 0 aromatic carbocycles. The van der Waals surface area contributed by atoms with Crippen LogP contribution in [0.1, 0.15) is 19.8 Å². The topological polar surface area (TPSA) is 136 Å². The zero-order valence-corrected chi connectivity index (χ0v) is 14.6. The Morgan fingerprint density at radius 3 is 1.46 bits per heavy atom. The van der Waals surface area contributed by atoms with Crippen LogP contribution in [0.4, 0.5) is 0 Å². The Morgan fingerprint density at radius 1 is 0.846 bits per heavy atom. The maximum Gasteiger partial charge on any atom is 0.339 e. The number of carbonyl (C=O) groups excluding carboxylic acids is 3. The smallest absolute Gasteiger partial charge is 0.339 e. The fourth-order valence-electron chi connectivity index (χ4n) is 1.36. The first kappa shape index (κ1) is 25.3. The van der Waals surface area contributed by atoms with Crippen LogP contribution in [0.3, 0.4) is 0 Å². The fourth-order valence-corrected chi connectivity index (χ4v) is 1.36. The predicted molar refractivity (Wildman–Crippen MR) is 91.0 cm³/mol. The number of carbonyl (C=O) groups is 4. The summed E-state index contributed by atoms with van der Waals surface area (Å²) in [6.45, 7) is 10.8. The molecular weight excluding hydrogens is 348 g/mol. The second-order valence-electron chi connectivity index (χ2n) is 4.73. The molecule has 0 aromatic heterocycles. The van der Waals surface area contributed by atoms with Crippen LogP contribution in [0.25, 0.3) is 0 Å². The SMILES string of the molecule is C=CCOC(=O)CC(O)(CC(=O)OCC=C)C(=O)OCC=C.CC(=O)O. The van der Waals surface area contributed by atoms with Crippen LogP contribution in [0, 0.1) is 0 Å². The minimum Gasteiger partial charge on any atom is -0.481 e. The second-order valence-corrected chi connectivity index (χ2v) is 4.73. The van der Waals surface area contributed by atoms with Crippen molar-refractivity contribution in [2.45, 2.75) is 25.4 Å². The lowest BCUT2D eigenvalue weighted by molar-refractivity contribution is -0.176. The molecule has 0 radical (unpaired) electrons. The van der Waals surface area contributed by atoms with Crippen molar-refractivity contribution in [2.24, 2.45) is 0 Å². The molecule has 9 nitrogen and oxygen atoms in total. The van der Waals surface area contributed by atoms with Gasteiger partial charge in [-0.1, -0.05) is 38.0 Å². The molecule has 0 saturated carbocycles. The fraction of sp³-hybridized carbons (Fsp3) is 0.412. The quantitative estimate of drug-likeness (QED) is 0.306. The van der Waals surface area contributed by atoms with E-state index in [2.05, 4.69) is 19.7 Å². The third kappa shape index (κ3) is 13.5. The highest BCUT2D eigenvalue weighted by Crippen LogP contribution is 2.20. The number of rotatable bonds is 11. The minimum absolute atomic E-state index is 0.0858. The molecule has 9 heteroatoms. The lowest BCUT2D eigenvalue weighted by Crippen LogP contribution is -2.44. The normalized spacial score (nSPS) is 9.62. The third-order valence-electron chi connectivity index (χ3n) is 2.31. The van der Waals surface area contributed by atoms with E-state index in [1.54, 1.807) is 0 Å². The van der Waals surface area contributed by atoms with E-state index >= 15 is 0 Å². The minimum atomic E-state index is -2.38. The van der Waals surface area contributed by atoms with Crippen LogP contribution in [0.2, 0.25) is 0 Å². The highest BCUT2D eigenvalue weighted by Gasteiger charge is 2.43. The molecule has 146 valence electrons. The van der Waals surface area contributed by atoms with Crippen LogP contribution in [0.15, 0.2) is 38.0 Å². The lowest BCUT2D eigenvalue weighted by atomic mass is 9.95. The molecule has 0 amide bonds. The monoisotopic (exact) mass is 372 g/mol. The van der Waals surface area contributed by atoms with Gasteiger partial charge in [-0.3, -0.25) is 14.4 Å². The van der Waals surface area contributed by atoms with Crippen molar-refractivity contribution < 1.29 is 43.6 Å². The van der Waals surface area contributed by atoms with Crippen LogP contribution in [0.5, 0.6) is 0 Å². The van der Waals surface area contributed by atoms with Crippen LogP contribution >= 0.6 is 0 Å². The third-order valence-corrected chi connectivity index (χ3v) is 2.31. The molecule has 0 aliphatic heterocycles. The summed E-state index contributed by atoms with van der Waals surface area (Å²) in [5, 5.41) is 17.7. The Kier molecular flexibility index (Phi) is 14.0. The predicted octanol–water partition coefficient (Wildman–Crippen LogP) is 0.776. The Hall–Kier alpha value is -2.94. The van der Waals surface area contributed by atoms with Gasteiger partial charge in [-0.15, -0.1) is 0 Å². The number of aliphatic carboxylic acids is 1. The number of hydrogen-bond acceptors (Lipinski definition) is 8. The summed E-state index contributed by atoms with van der Waals surface area (Å²) in [5.41, 5.74) is -2.38. The van der Waals surface area contributed by atoms with Crippen LogP contribution in [-0.2, 0) is 33.4 Å². The molecule has 0 rings (SSSR count). The van der Waals surface area contributed by atoms with Crippen molar-refractivity contribution in [3.63, 3.8) is 0 Å². The summed E-state index contributed by atoms with van der Waals surface area (Å²) in [6.07, 6.45) is 2.43. The first-order chi connectivity index (χ1) is 12.1. The summed E-state index contributed by atoms with van der Waals surface area (Å²) in [5.74, 6) is -3.73. The summed E-state index contributed by atoms with van der Waals surface area (Å²) >= 11 is 0. The molecule has 0 saturated heterocycles. The van der Waals surface area contributed by atoms with Gasteiger partial charge in [0.2, 0.25) is 0 Å². The van der Waals surface area contributed by atoms with E-state index in [1.807, 2.05) is 0 Å². The summed E-state index contributed by atoms with van der Waals surface area (Å²) in [6, 6.07) is 0. The van der Waals surface area contributed by atoms with Gasteiger partial charge in [0.1, 0.15) is 19.8 Å². The molecule has 0 fully saturated rings. The molecule has 26 heavy (non-hydrogen) atoms. The first-order valence-corrected chi connectivity index (χ1v) is 7.36. The van der Waals surface area contributed by atoms with Crippen molar-refractivity contribution in [2.75, 3.05) is 19.8 Å². The van der Waals surface area contributed by atoms with Crippen LogP contribution < -0.4 is 0 Å². The zero-order valence-electron chi connectivity index (χ0n) is 14.6. The largest absolute Gasteiger partial charge is 0.481 e. The number of carboxylic acids is 1. The van der Waals surface area contributed by atoms with Gasteiger partial charge in [0.15, 0.2) is 5.60 Å². The molecule has 0 aliphatic rings. The van der Waals surface area contributed by atoms with E-state index in [-0.39, 0.29) is 19.8 Å². The molecular formula is C17H24O9. The lowest BCUT2D eigenvalue weighted by Gasteiger charge is -2.23. The standard InChI is InChI=1S/C15H20O7.C2H4O2/c1-4-7-20-12(16)10-15(19,14(18)22-9-6-3)11-13(17)21-8-5-2;1-2(3)4/h4-6,19H,1-3,7-11H2;1H3,(H,3,4). The van der Waals surface area contributed by atoms with Crippen molar-refractivity contribution >= 4 is 23.9 Å². The van der Waals surface area contributed by atoms with Gasteiger partial charge < -0.3 is 24.4 Å². The Morgan fingerprint density at radius 2 is 1.15 bits per heavy atom. The average Bonchev–Trinajstić information content (AvgIpc) is 2.55. The molecule has 0 aromatic rings. The van der Waals surface area contributed by atoms with E-state index in [0.29, 0.717) is 0 Å². The number of ether oxygens (including phenoxy) is 3. The first-order valence-electron chi connectivity index (χ1n) is 7.36. The van der Waals surface area contributed by atoms with Gasteiger partial charge >= 0.3 is 17.9 Å². The molecule has 0 unspecified atom stereocenters. The Labute approximate surface area is 151 Å². The van der Waals surface area contributed by atoms with E-state index in [1.165, 1.54) is 18.2 Å². The van der Waals surface area contributed by atoms with Gasteiger partial charge in [-0.05, 0) is 0 Å².